The lowest BCUT2D eigenvalue weighted by Crippen LogP contribution is -2.12. The molecule has 0 aliphatic heterocycles. The minimum absolute atomic E-state index is 0.0585. The molecule has 0 aliphatic carbocycles. The van der Waals surface area contributed by atoms with Crippen molar-refractivity contribution < 1.29 is 37.0 Å². The van der Waals surface area contributed by atoms with Crippen molar-refractivity contribution in [3.63, 3.8) is 0 Å². The standard InChI is InChI=1S/C23H18F3NO5/c1-30-20-11-16(12-21(31-2)18(20)13-28)32-22(29)17-8-3-4-9-19(17)27-15-7-5-6-14(10-15)23(24,25)26/h3-13,27H,1-2H3. The van der Waals surface area contributed by atoms with Gasteiger partial charge in [-0.15, -0.1) is 0 Å². The van der Waals surface area contributed by atoms with E-state index >= 15 is 0 Å². The fourth-order valence-corrected chi connectivity index (χ4v) is 2.95. The molecule has 9 heteroatoms. The quantitative estimate of drug-likeness (QED) is 0.294. The molecule has 32 heavy (non-hydrogen) atoms. The van der Waals surface area contributed by atoms with Gasteiger partial charge in [-0.3, -0.25) is 4.79 Å². The molecule has 0 aromatic heterocycles. The normalized spacial score (nSPS) is 10.9. The molecule has 0 aliphatic rings. The topological polar surface area (TPSA) is 73.9 Å². The molecule has 3 aromatic carbocycles. The van der Waals surface area contributed by atoms with Crippen molar-refractivity contribution in [1.29, 1.82) is 0 Å². The number of benzene rings is 3. The number of alkyl halides is 3. The maximum Gasteiger partial charge on any atom is 0.416 e. The van der Waals surface area contributed by atoms with Crippen LogP contribution in [0.4, 0.5) is 24.5 Å². The number of anilines is 2. The Kier molecular flexibility index (Phi) is 6.67. The van der Waals surface area contributed by atoms with Crippen LogP contribution in [0, 0.1) is 0 Å². The Morgan fingerprint density at radius 3 is 2.19 bits per heavy atom. The van der Waals surface area contributed by atoms with Crippen molar-refractivity contribution in [3.05, 3.63) is 77.4 Å². The van der Waals surface area contributed by atoms with Gasteiger partial charge >= 0.3 is 12.1 Å². The maximum atomic E-state index is 13.0. The Morgan fingerprint density at radius 2 is 1.59 bits per heavy atom. The van der Waals surface area contributed by atoms with Gasteiger partial charge in [0.15, 0.2) is 6.29 Å². The van der Waals surface area contributed by atoms with Crippen LogP contribution in [0.5, 0.6) is 17.2 Å². The molecule has 0 radical (unpaired) electrons. The zero-order chi connectivity index (χ0) is 23.3. The fourth-order valence-electron chi connectivity index (χ4n) is 2.95. The second-order valence-electron chi connectivity index (χ2n) is 6.50. The molecule has 1 N–H and O–H groups in total. The zero-order valence-corrected chi connectivity index (χ0v) is 17.0. The van der Waals surface area contributed by atoms with Gasteiger partial charge in [-0.2, -0.15) is 13.2 Å². The van der Waals surface area contributed by atoms with E-state index in [1.807, 2.05) is 0 Å². The average Bonchev–Trinajstić information content (AvgIpc) is 2.78. The average molecular weight is 445 g/mol. The number of ether oxygens (including phenoxy) is 3. The molecule has 0 fully saturated rings. The van der Waals surface area contributed by atoms with Gasteiger partial charge in [-0.1, -0.05) is 18.2 Å². The highest BCUT2D eigenvalue weighted by Crippen LogP contribution is 2.34. The van der Waals surface area contributed by atoms with Crippen molar-refractivity contribution in [3.8, 4) is 17.2 Å². The molecule has 166 valence electrons. The van der Waals surface area contributed by atoms with E-state index in [2.05, 4.69) is 5.32 Å². The van der Waals surface area contributed by atoms with Crippen LogP contribution < -0.4 is 19.5 Å². The summed E-state index contributed by atoms with van der Waals surface area (Å²) in [5.41, 5.74) is -0.181. The number of hydrogen-bond donors (Lipinski definition) is 1. The number of rotatable bonds is 7. The molecular weight excluding hydrogens is 427 g/mol. The molecule has 6 nitrogen and oxygen atoms in total. The number of aldehydes is 1. The van der Waals surface area contributed by atoms with E-state index in [4.69, 9.17) is 14.2 Å². The molecule has 3 rings (SSSR count). The van der Waals surface area contributed by atoms with Crippen LogP contribution in [0.1, 0.15) is 26.3 Å². The van der Waals surface area contributed by atoms with E-state index in [1.54, 1.807) is 12.1 Å². The minimum Gasteiger partial charge on any atom is -0.496 e. The van der Waals surface area contributed by atoms with Crippen molar-refractivity contribution in [2.24, 2.45) is 0 Å². The third kappa shape index (κ3) is 5.00. The predicted molar refractivity (Wildman–Crippen MR) is 111 cm³/mol. The lowest BCUT2D eigenvalue weighted by molar-refractivity contribution is -0.137. The van der Waals surface area contributed by atoms with E-state index in [1.165, 1.54) is 50.6 Å². The lowest BCUT2D eigenvalue weighted by atomic mass is 10.1. The fraction of sp³-hybridized carbons (Fsp3) is 0.130. The number of halogens is 3. The number of esters is 1. The van der Waals surface area contributed by atoms with Crippen molar-refractivity contribution in [1.82, 2.24) is 0 Å². The van der Waals surface area contributed by atoms with Crippen LogP contribution in [0.3, 0.4) is 0 Å². The van der Waals surface area contributed by atoms with Gasteiger partial charge in [0.1, 0.15) is 17.2 Å². The Balaban J connectivity index is 1.89. The molecule has 3 aromatic rings. The third-order valence-electron chi connectivity index (χ3n) is 4.46. The van der Waals surface area contributed by atoms with Gasteiger partial charge in [0, 0.05) is 17.8 Å². The van der Waals surface area contributed by atoms with E-state index in [0.717, 1.165) is 12.1 Å². The SMILES string of the molecule is COc1cc(OC(=O)c2ccccc2Nc2cccc(C(F)(F)F)c2)cc(OC)c1C=O. The number of nitrogens with one attached hydrogen (secondary N) is 1. The Labute approximate surface area is 181 Å². The summed E-state index contributed by atoms with van der Waals surface area (Å²) in [6, 6.07) is 13.5. The third-order valence-corrected chi connectivity index (χ3v) is 4.46. The van der Waals surface area contributed by atoms with Gasteiger partial charge in [0.25, 0.3) is 0 Å². The van der Waals surface area contributed by atoms with E-state index in [9.17, 15) is 22.8 Å². The molecule has 0 heterocycles. The van der Waals surface area contributed by atoms with E-state index in [0.29, 0.717) is 6.29 Å². The van der Waals surface area contributed by atoms with Gasteiger partial charge < -0.3 is 19.5 Å². The predicted octanol–water partition coefficient (Wildman–Crippen LogP) is 5.50. The summed E-state index contributed by atoms with van der Waals surface area (Å²) in [5.74, 6) is -0.416. The second kappa shape index (κ2) is 9.42. The van der Waals surface area contributed by atoms with Crippen LogP contribution in [0.2, 0.25) is 0 Å². The molecule has 0 saturated heterocycles. The van der Waals surface area contributed by atoms with Crippen LogP contribution in [-0.4, -0.2) is 26.5 Å². The highest BCUT2D eigenvalue weighted by atomic mass is 19.4. The number of hydrogen-bond acceptors (Lipinski definition) is 6. The maximum absolute atomic E-state index is 13.0. The summed E-state index contributed by atoms with van der Waals surface area (Å²) in [6.45, 7) is 0. The number of carbonyl (C=O) groups excluding carboxylic acids is 2. The number of methoxy groups -OCH3 is 2. The molecule has 0 unspecified atom stereocenters. The van der Waals surface area contributed by atoms with Crippen LogP contribution in [-0.2, 0) is 6.18 Å². The molecule has 0 amide bonds. The van der Waals surface area contributed by atoms with Gasteiger partial charge in [0.2, 0.25) is 0 Å². The minimum atomic E-state index is -4.50. The first-order chi connectivity index (χ1) is 15.3. The first-order valence-corrected chi connectivity index (χ1v) is 9.23. The smallest absolute Gasteiger partial charge is 0.416 e. The van der Waals surface area contributed by atoms with Crippen LogP contribution in [0.25, 0.3) is 0 Å². The monoisotopic (exact) mass is 445 g/mol. The Morgan fingerprint density at radius 1 is 0.938 bits per heavy atom. The molecular formula is C23H18F3NO5. The highest BCUT2D eigenvalue weighted by molar-refractivity contribution is 5.98. The summed E-state index contributed by atoms with van der Waals surface area (Å²) < 4.78 is 54.7. The van der Waals surface area contributed by atoms with Crippen LogP contribution >= 0.6 is 0 Å². The Bertz CT molecular complexity index is 1120. The van der Waals surface area contributed by atoms with Crippen LogP contribution in [0.15, 0.2) is 60.7 Å². The van der Waals surface area contributed by atoms with Crippen molar-refractivity contribution in [2.45, 2.75) is 6.18 Å². The zero-order valence-electron chi connectivity index (χ0n) is 17.0. The summed E-state index contributed by atoms with van der Waals surface area (Å²) in [5, 5.41) is 2.82. The van der Waals surface area contributed by atoms with E-state index < -0.39 is 17.7 Å². The molecule has 0 atom stereocenters. The summed E-state index contributed by atoms with van der Waals surface area (Å²) in [6.07, 6.45) is -3.94. The van der Waals surface area contributed by atoms with E-state index in [-0.39, 0.29) is 39.8 Å². The summed E-state index contributed by atoms with van der Waals surface area (Å²) in [7, 11) is 2.70. The highest BCUT2D eigenvalue weighted by Gasteiger charge is 2.30. The Hall–Kier alpha value is -4.01. The van der Waals surface area contributed by atoms with Gasteiger partial charge in [0.05, 0.1) is 36.6 Å². The number of carbonyl (C=O) groups is 2. The summed E-state index contributed by atoms with van der Waals surface area (Å²) in [4.78, 5) is 24.1. The molecule has 0 saturated carbocycles. The van der Waals surface area contributed by atoms with Crippen molar-refractivity contribution in [2.75, 3.05) is 19.5 Å². The molecule has 0 bridgehead atoms. The number of para-hydroxylation sites is 1. The van der Waals surface area contributed by atoms with Crippen molar-refractivity contribution >= 4 is 23.6 Å². The molecule has 0 spiro atoms. The van der Waals surface area contributed by atoms with Gasteiger partial charge in [-0.25, -0.2) is 4.79 Å². The largest absolute Gasteiger partial charge is 0.496 e. The first-order valence-electron chi connectivity index (χ1n) is 9.23. The summed E-state index contributed by atoms with van der Waals surface area (Å²) >= 11 is 0. The lowest BCUT2D eigenvalue weighted by Gasteiger charge is -2.15. The second-order valence-corrected chi connectivity index (χ2v) is 6.50. The first kappa shape index (κ1) is 22.7. The van der Waals surface area contributed by atoms with Gasteiger partial charge in [-0.05, 0) is 30.3 Å².